The average molecular weight is 358 g/mol. The largest absolute Gasteiger partial charge is 0.451 e. The Morgan fingerprint density at radius 1 is 1.42 bits per heavy atom. The van der Waals surface area contributed by atoms with Crippen LogP contribution in [0.15, 0.2) is 40.9 Å². The molecule has 0 aliphatic carbocycles. The number of likely N-dealkylation sites (tertiary alicyclic amines) is 1. The quantitative estimate of drug-likeness (QED) is 0.773. The number of ether oxygens (including phenoxy) is 1. The fraction of sp³-hybridized carbons (Fsp3) is 0.333. The molecule has 3 aromatic rings. The molecule has 1 fully saturated rings. The first kappa shape index (κ1) is 16.6. The van der Waals surface area contributed by atoms with E-state index >= 15 is 0 Å². The molecule has 2 N–H and O–H groups in total. The van der Waals surface area contributed by atoms with Gasteiger partial charge in [0.1, 0.15) is 17.2 Å². The van der Waals surface area contributed by atoms with Crippen LogP contribution in [0.4, 0.5) is 10.2 Å². The molecule has 3 heterocycles. The van der Waals surface area contributed by atoms with Crippen LogP contribution in [-0.4, -0.2) is 46.4 Å². The molecule has 0 bridgehead atoms. The summed E-state index contributed by atoms with van der Waals surface area (Å²) in [5.41, 5.74) is 6.14. The van der Waals surface area contributed by atoms with Crippen LogP contribution in [0.1, 0.15) is 17.0 Å². The highest BCUT2D eigenvalue weighted by Crippen LogP contribution is 2.27. The maximum Gasteiger partial charge on any atom is 0.290 e. The standard InChI is InChI=1S/C18H19FN4O3/c1-25-14-8-13(9-22-5-4-17(20)21-22)23(10-14)18(24)16-7-11-6-12(19)2-3-15(11)26-16/h2-7,13-14H,8-10H2,1H3,(H2,20,21)/t13-,14+/m0/s1. The van der Waals surface area contributed by atoms with Crippen LogP contribution in [0.2, 0.25) is 0 Å². The van der Waals surface area contributed by atoms with Crippen molar-refractivity contribution in [2.75, 3.05) is 19.4 Å². The molecule has 26 heavy (non-hydrogen) atoms. The van der Waals surface area contributed by atoms with Gasteiger partial charge in [0.25, 0.3) is 5.91 Å². The fourth-order valence-electron chi connectivity index (χ4n) is 3.42. The molecule has 4 rings (SSSR count). The molecule has 2 atom stereocenters. The number of hydrogen-bond donors (Lipinski definition) is 1. The van der Waals surface area contributed by atoms with Crippen molar-refractivity contribution in [1.29, 1.82) is 0 Å². The van der Waals surface area contributed by atoms with Crippen LogP contribution >= 0.6 is 0 Å². The van der Waals surface area contributed by atoms with Crippen molar-refractivity contribution in [1.82, 2.24) is 14.7 Å². The second-order valence-electron chi connectivity index (χ2n) is 6.46. The lowest BCUT2D eigenvalue weighted by molar-refractivity contribution is 0.0651. The lowest BCUT2D eigenvalue weighted by Crippen LogP contribution is -2.38. The number of anilines is 1. The van der Waals surface area contributed by atoms with Gasteiger partial charge in [-0.15, -0.1) is 0 Å². The molecule has 136 valence electrons. The lowest BCUT2D eigenvalue weighted by atomic mass is 10.2. The number of hydrogen-bond acceptors (Lipinski definition) is 5. The first-order valence-corrected chi connectivity index (χ1v) is 8.35. The van der Waals surface area contributed by atoms with E-state index in [9.17, 15) is 9.18 Å². The molecule has 7 nitrogen and oxygen atoms in total. The molecule has 1 aromatic carbocycles. The second-order valence-corrected chi connectivity index (χ2v) is 6.46. The molecule has 0 unspecified atom stereocenters. The zero-order valence-electron chi connectivity index (χ0n) is 14.3. The zero-order chi connectivity index (χ0) is 18.3. The molecule has 1 aliphatic rings. The number of benzene rings is 1. The van der Waals surface area contributed by atoms with E-state index in [-0.39, 0.29) is 29.6 Å². The Bertz CT molecular complexity index is 951. The number of furan rings is 1. The Morgan fingerprint density at radius 2 is 2.27 bits per heavy atom. The van der Waals surface area contributed by atoms with Gasteiger partial charge in [-0.25, -0.2) is 4.39 Å². The highest BCUT2D eigenvalue weighted by atomic mass is 19.1. The van der Waals surface area contributed by atoms with Gasteiger partial charge < -0.3 is 19.8 Å². The summed E-state index contributed by atoms with van der Waals surface area (Å²) in [6.07, 6.45) is 2.41. The molecule has 2 aromatic heterocycles. The number of nitrogens with two attached hydrogens (primary N) is 1. The molecular formula is C18H19FN4O3. The molecule has 0 saturated carbocycles. The predicted molar refractivity (Wildman–Crippen MR) is 93.0 cm³/mol. The van der Waals surface area contributed by atoms with E-state index in [0.29, 0.717) is 36.3 Å². The topological polar surface area (TPSA) is 86.5 Å². The summed E-state index contributed by atoms with van der Waals surface area (Å²) in [6, 6.07) is 7.36. The molecule has 0 radical (unpaired) electrons. The van der Waals surface area contributed by atoms with Crippen molar-refractivity contribution in [3.63, 3.8) is 0 Å². The summed E-state index contributed by atoms with van der Waals surface area (Å²) in [5, 5.41) is 4.75. The number of fused-ring (bicyclic) bond motifs is 1. The molecule has 8 heteroatoms. The number of carbonyl (C=O) groups is 1. The molecule has 1 amide bonds. The summed E-state index contributed by atoms with van der Waals surface area (Å²) < 4.78 is 26.2. The smallest absolute Gasteiger partial charge is 0.290 e. The molecule has 1 saturated heterocycles. The van der Waals surface area contributed by atoms with E-state index < -0.39 is 0 Å². The van der Waals surface area contributed by atoms with E-state index in [0.717, 1.165) is 0 Å². The number of methoxy groups -OCH3 is 1. The van der Waals surface area contributed by atoms with Crippen LogP contribution in [0.5, 0.6) is 0 Å². The minimum atomic E-state index is -0.368. The zero-order valence-corrected chi connectivity index (χ0v) is 14.3. The minimum Gasteiger partial charge on any atom is -0.451 e. The maximum absolute atomic E-state index is 13.4. The van der Waals surface area contributed by atoms with E-state index in [1.54, 1.807) is 35.0 Å². The Balaban J connectivity index is 1.60. The van der Waals surface area contributed by atoms with Crippen molar-refractivity contribution in [2.45, 2.75) is 25.1 Å². The summed E-state index contributed by atoms with van der Waals surface area (Å²) in [5.74, 6) is 0.00848. The average Bonchev–Trinajstić information content (AvgIpc) is 3.32. The van der Waals surface area contributed by atoms with E-state index in [1.807, 2.05) is 0 Å². The van der Waals surface area contributed by atoms with Crippen molar-refractivity contribution < 1.29 is 18.3 Å². The number of rotatable bonds is 4. The predicted octanol–water partition coefficient (Wildman–Crippen LogP) is 2.28. The Labute approximate surface area is 149 Å². The van der Waals surface area contributed by atoms with E-state index in [1.165, 1.54) is 18.2 Å². The first-order chi connectivity index (χ1) is 12.5. The van der Waals surface area contributed by atoms with Crippen LogP contribution < -0.4 is 5.73 Å². The van der Waals surface area contributed by atoms with Gasteiger partial charge in [0, 0.05) is 25.2 Å². The van der Waals surface area contributed by atoms with Crippen LogP contribution in [0, 0.1) is 5.82 Å². The summed E-state index contributed by atoms with van der Waals surface area (Å²) in [7, 11) is 1.63. The number of aromatic nitrogens is 2. The third kappa shape index (κ3) is 3.03. The number of nitrogens with zero attached hydrogens (tertiary/aromatic N) is 3. The fourth-order valence-corrected chi connectivity index (χ4v) is 3.42. The van der Waals surface area contributed by atoms with Gasteiger partial charge in [-0.1, -0.05) is 0 Å². The normalized spacial score (nSPS) is 20.2. The number of carbonyl (C=O) groups excluding carboxylic acids is 1. The van der Waals surface area contributed by atoms with Gasteiger partial charge in [0.05, 0.1) is 18.7 Å². The van der Waals surface area contributed by atoms with Crippen molar-refractivity contribution in [3.05, 3.63) is 48.1 Å². The third-order valence-electron chi connectivity index (χ3n) is 4.72. The maximum atomic E-state index is 13.4. The van der Waals surface area contributed by atoms with Gasteiger partial charge in [-0.2, -0.15) is 5.10 Å². The second kappa shape index (κ2) is 6.45. The summed E-state index contributed by atoms with van der Waals surface area (Å²) in [6.45, 7) is 0.972. The highest BCUT2D eigenvalue weighted by Gasteiger charge is 2.37. The van der Waals surface area contributed by atoms with Crippen LogP contribution in [0.25, 0.3) is 11.0 Å². The van der Waals surface area contributed by atoms with Gasteiger partial charge in [-0.05, 0) is 36.8 Å². The molecule has 0 spiro atoms. The Hall–Kier alpha value is -2.87. The van der Waals surface area contributed by atoms with Gasteiger partial charge >= 0.3 is 0 Å². The Kier molecular flexibility index (Phi) is 4.12. The number of halogens is 1. The number of amides is 1. The summed E-state index contributed by atoms with van der Waals surface area (Å²) in [4.78, 5) is 14.7. The summed E-state index contributed by atoms with van der Waals surface area (Å²) >= 11 is 0. The van der Waals surface area contributed by atoms with E-state index in [4.69, 9.17) is 14.9 Å². The van der Waals surface area contributed by atoms with Crippen molar-refractivity contribution in [3.8, 4) is 0 Å². The van der Waals surface area contributed by atoms with Gasteiger partial charge in [-0.3, -0.25) is 9.48 Å². The lowest BCUT2D eigenvalue weighted by Gasteiger charge is -2.23. The SMILES string of the molecule is CO[C@@H]1C[C@@H](Cn2ccc(N)n2)N(C(=O)c2cc3cc(F)ccc3o2)C1. The van der Waals surface area contributed by atoms with Gasteiger partial charge in [0.15, 0.2) is 5.76 Å². The Morgan fingerprint density at radius 3 is 3.00 bits per heavy atom. The van der Waals surface area contributed by atoms with Crippen molar-refractivity contribution in [2.24, 2.45) is 0 Å². The van der Waals surface area contributed by atoms with E-state index in [2.05, 4.69) is 5.10 Å². The van der Waals surface area contributed by atoms with Crippen LogP contribution in [-0.2, 0) is 11.3 Å². The monoisotopic (exact) mass is 358 g/mol. The van der Waals surface area contributed by atoms with Gasteiger partial charge in [0.2, 0.25) is 0 Å². The molecule has 1 aliphatic heterocycles. The third-order valence-corrected chi connectivity index (χ3v) is 4.72. The van der Waals surface area contributed by atoms with Crippen LogP contribution in [0.3, 0.4) is 0 Å². The first-order valence-electron chi connectivity index (χ1n) is 8.35. The minimum absolute atomic E-state index is 0.0568. The molecular weight excluding hydrogens is 339 g/mol. The number of nitrogen functional groups attached to an aromatic ring is 1. The van der Waals surface area contributed by atoms with Crippen molar-refractivity contribution >= 4 is 22.7 Å². The highest BCUT2D eigenvalue weighted by molar-refractivity contribution is 5.96.